The summed E-state index contributed by atoms with van der Waals surface area (Å²) in [5.41, 5.74) is 5.40. The number of rotatable bonds is 5. The lowest BCUT2D eigenvalue weighted by atomic mass is 9.97. The monoisotopic (exact) mass is 316 g/mol. The van der Waals surface area contributed by atoms with Crippen LogP contribution in [0.1, 0.15) is 25.7 Å². The first-order valence-electron chi connectivity index (χ1n) is 6.95. The zero-order valence-corrected chi connectivity index (χ0v) is 13.0. The molecule has 1 aliphatic carbocycles. The van der Waals surface area contributed by atoms with E-state index in [0.717, 1.165) is 25.7 Å². The highest BCUT2D eigenvalue weighted by molar-refractivity contribution is 5.86. The molecule has 0 unspecified atom stereocenters. The normalized spacial score (nSPS) is 16.1. The van der Waals surface area contributed by atoms with Crippen molar-refractivity contribution in [1.82, 2.24) is 4.90 Å². The van der Waals surface area contributed by atoms with E-state index in [1.165, 1.54) is 6.07 Å². The lowest BCUT2D eigenvalue weighted by molar-refractivity contribution is -0.135. The maximum atomic E-state index is 13.4. The number of nitrogens with zero attached hydrogens (tertiary/aromatic N) is 1. The number of hydrogen-bond acceptors (Lipinski definition) is 3. The minimum absolute atomic E-state index is 0. The number of carbonyl (C=O) groups is 1. The number of amides is 1. The molecule has 1 aromatic rings. The first-order valence-corrected chi connectivity index (χ1v) is 6.95. The third kappa shape index (κ3) is 4.32. The van der Waals surface area contributed by atoms with Gasteiger partial charge in [-0.1, -0.05) is 25.0 Å². The van der Waals surface area contributed by atoms with Crippen LogP contribution in [-0.4, -0.2) is 36.5 Å². The SMILES string of the molecule is CN(CCOc1ccccc1F)C(=O)C1(N)CCCC1.Cl. The Morgan fingerprint density at radius 1 is 1.38 bits per heavy atom. The number of halogens is 2. The topological polar surface area (TPSA) is 55.6 Å². The van der Waals surface area contributed by atoms with Gasteiger partial charge in [0, 0.05) is 7.05 Å². The minimum atomic E-state index is -0.716. The number of ether oxygens (including phenoxy) is 1. The highest BCUT2D eigenvalue weighted by Gasteiger charge is 2.38. The van der Waals surface area contributed by atoms with Crippen molar-refractivity contribution in [1.29, 1.82) is 0 Å². The maximum Gasteiger partial charge on any atom is 0.242 e. The van der Waals surface area contributed by atoms with Crippen LogP contribution in [0.15, 0.2) is 24.3 Å². The van der Waals surface area contributed by atoms with E-state index in [-0.39, 0.29) is 30.7 Å². The molecule has 0 heterocycles. The van der Waals surface area contributed by atoms with E-state index in [4.69, 9.17) is 10.5 Å². The Hall–Kier alpha value is -1.33. The Bertz CT molecular complexity index is 478. The number of likely N-dealkylation sites (N-methyl/N-ethyl adjacent to an activating group) is 1. The predicted octanol–water partition coefficient (Wildman–Crippen LogP) is 2.36. The molecule has 1 amide bonds. The summed E-state index contributed by atoms with van der Waals surface area (Å²) in [6.07, 6.45) is 3.48. The quantitative estimate of drug-likeness (QED) is 0.907. The molecule has 1 fully saturated rings. The molecule has 1 saturated carbocycles. The summed E-state index contributed by atoms with van der Waals surface area (Å²) in [4.78, 5) is 13.8. The summed E-state index contributed by atoms with van der Waals surface area (Å²) in [5, 5.41) is 0. The van der Waals surface area contributed by atoms with Crippen molar-refractivity contribution in [3.63, 3.8) is 0 Å². The molecule has 0 saturated heterocycles. The summed E-state index contributed by atoms with van der Waals surface area (Å²) in [7, 11) is 1.71. The molecule has 1 aromatic carbocycles. The molecule has 0 radical (unpaired) electrons. The van der Waals surface area contributed by atoms with Crippen LogP contribution in [0.25, 0.3) is 0 Å². The molecule has 6 heteroatoms. The number of benzene rings is 1. The number of para-hydroxylation sites is 1. The van der Waals surface area contributed by atoms with Crippen LogP contribution in [-0.2, 0) is 4.79 Å². The van der Waals surface area contributed by atoms with E-state index < -0.39 is 11.4 Å². The molecule has 1 aliphatic rings. The van der Waals surface area contributed by atoms with Gasteiger partial charge in [0.15, 0.2) is 11.6 Å². The van der Waals surface area contributed by atoms with Gasteiger partial charge in [0.2, 0.25) is 5.91 Å². The maximum absolute atomic E-state index is 13.4. The van der Waals surface area contributed by atoms with E-state index in [2.05, 4.69) is 0 Å². The van der Waals surface area contributed by atoms with Crippen LogP contribution in [0.2, 0.25) is 0 Å². The molecule has 0 aliphatic heterocycles. The van der Waals surface area contributed by atoms with Crippen molar-refractivity contribution in [3.05, 3.63) is 30.1 Å². The summed E-state index contributed by atoms with van der Waals surface area (Å²) >= 11 is 0. The molecular weight excluding hydrogens is 295 g/mol. The first kappa shape index (κ1) is 17.7. The Kier molecular flexibility index (Phi) is 6.42. The molecule has 2 rings (SSSR count). The van der Waals surface area contributed by atoms with Crippen molar-refractivity contribution >= 4 is 18.3 Å². The van der Waals surface area contributed by atoms with Gasteiger partial charge in [-0.25, -0.2) is 4.39 Å². The Balaban J connectivity index is 0.00000220. The summed E-state index contributed by atoms with van der Waals surface area (Å²) in [6, 6.07) is 6.23. The summed E-state index contributed by atoms with van der Waals surface area (Å²) in [6.45, 7) is 0.644. The predicted molar refractivity (Wildman–Crippen MR) is 82.2 cm³/mol. The average molecular weight is 317 g/mol. The fourth-order valence-electron chi connectivity index (χ4n) is 2.56. The number of hydrogen-bond donors (Lipinski definition) is 1. The molecule has 0 spiro atoms. The van der Waals surface area contributed by atoms with Gasteiger partial charge in [-0.3, -0.25) is 4.79 Å². The highest BCUT2D eigenvalue weighted by atomic mass is 35.5. The molecule has 21 heavy (non-hydrogen) atoms. The first-order chi connectivity index (χ1) is 9.53. The fourth-order valence-corrected chi connectivity index (χ4v) is 2.56. The van der Waals surface area contributed by atoms with Crippen LogP contribution in [0, 0.1) is 5.82 Å². The molecular formula is C15H22ClFN2O2. The number of carbonyl (C=O) groups excluding carboxylic acids is 1. The third-order valence-electron chi connectivity index (χ3n) is 3.79. The Morgan fingerprint density at radius 3 is 2.62 bits per heavy atom. The van der Waals surface area contributed by atoms with E-state index >= 15 is 0 Å². The molecule has 4 nitrogen and oxygen atoms in total. The fraction of sp³-hybridized carbons (Fsp3) is 0.533. The second-order valence-electron chi connectivity index (χ2n) is 5.37. The summed E-state index contributed by atoms with van der Waals surface area (Å²) in [5.74, 6) is -0.239. The van der Waals surface area contributed by atoms with Crippen molar-refractivity contribution in [2.45, 2.75) is 31.2 Å². The van der Waals surface area contributed by atoms with Crippen molar-refractivity contribution < 1.29 is 13.9 Å². The van der Waals surface area contributed by atoms with Gasteiger partial charge in [0.25, 0.3) is 0 Å². The van der Waals surface area contributed by atoms with Crippen molar-refractivity contribution in [2.75, 3.05) is 20.2 Å². The smallest absolute Gasteiger partial charge is 0.242 e. The lowest BCUT2D eigenvalue weighted by Gasteiger charge is -2.28. The van der Waals surface area contributed by atoms with Crippen molar-refractivity contribution in [2.24, 2.45) is 5.73 Å². The molecule has 0 aromatic heterocycles. The van der Waals surface area contributed by atoms with Gasteiger partial charge in [-0.05, 0) is 25.0 Å². The van der Waals surface area contributed by atoms with Crippen LogP contribution in [0.5, 0.6) is 5.75 Å². The Labute approximate surface area is 130 Å². The van der Waals surface area contributed by atoms with E-state index in [9.17, 15) is 9.18 Å². The van der Waals surface area contributed by atoms with E-state index in [1.54, 1.807) is 30.1 Å². The zero-order chi connectivity index (χ0) is 14.6. The molecule has 118 valence electrons. The zero-order valence-electron chi connectivity index (χ0n) is 12.2. The van der Waals surface area contributed by atoms with Gasteiger partial charge in [-0.15, -0.1) is 12.4 Å². The van der Waals surface area contributed by atoms with Gasteiger partial charge in [0.05, 0.1) is 12.1 Å². The lowest BCUT2D eigenvalue weighted by Crippen LogP contribution is -2.53. The van der Waals surface area contributed by atoms with Gasteiger partial charge in [0.1, 0.15) is 6.61 Å². The van der Waals surface area contributed by atoms with Crippen LogP contribution < -0.4 is 10.5 Å². The van der Waals surface area contributed by atoms with Crippen LogP contribution in [0.4, 0.5) is 4.39 Å². The van der Waals surface area contributed by atoms with E-state index in [1.807, 2.05) is 0 Å². The van der Waals surface area contributed by atoms with Gasteiger partial charge < -0.3 is 15.4 Å². The van der Waals surface area contributed by atoms with Crippen LogP contribution in [0.3, 0.4) is 0 Å². The minimum Gasteiger partial charge on any atom is -0.489 e. The second kappa shape index (κ2) is 7.61. The Morgan fingerprint density at radius 2 is 2.00 bits per heavy atom. The summed E-state index contributed by atoms with van der Waals surface area (Å²) < 4.78 is 18.7. The van der Waals surface area contributed by atoms with Gasteiger partial charge >= 0.3 is 0 Å². The third-order valence-corrected chi connectivity index (χ3v) is 3.79. The molecule has 2 N–H and O–H groups in total. The van der Waals surface area contributed by atoms with Crippen molar-refractivity contribution in [3.8, 4) is 5.75 Å². The second-order valence-corrected chi connectivity index (χ2v) is 5.37. The van der Waals surface area contributed by atoms with E-state index in [0.29, 0.717) is 6.54 Å². The van der Waals surface area contributed by atoms with Gasteiger partial charge in [-0.2, -0.15) is 0 Å². The largest absolute Gasteiger partial charge is 0.489 e. The standard InChI is InChI=1S/C15H21FN2O2.ClH/c1-18(14(19)15(17)8-4-5-9-15)10-11-20-13-7-3-2-6-12(13)16;/h2-3,6-7H,4-5,8-11,17H2,1H3;1H. The molecule has 0 bridgehead atoms. The molecule has 0 atom stereocenters. The number of nitrogens with two attached hydrogens (primary N) is 1. The highest BCUT2D eigenvalue weighted by Crippen LogP contribution is 2.28. The van der Waals surface area contributed by atoms with Crippen LogP contribution >= 0.6 is 12.4 Å². The average Bonchev–Trinajstić information content (AvgIpc) is 2.88.